The van der Waals surface area contributed by atoms with Gasteiger partial charge in [-0.25, -0.2) is 0 Å². The Balaban J connectivity index is 2.22. The second-order valence-corrected chi connectivity index (χ2v) is 6.09. The summed E-state index contributed by atoms with van der Waals surface area (Å²) in [6.07, 6.45) is 7.19. The average molecular weight is 276 g/mol. The van der Waals surface area contributed by atoms with Crippen LogP contribution in [0, 0.1) is 13.8 Å². The number of hydrogen-bond donors (Lipinski definition) is 1. The Hall–Kier alpha value is -1.09. The molecule has 2 rings (SSSR count). The van der Waals surface area contributed by atoms with Crippen LogP contribution in [0.3, 0.4) is 0 Å². The number of hydrogen-bond acceptors (Lipinski definition) is 2. The summed E-state index contributed by atoms with van der Waals surface area (Å²) < 4.78 is 2.05. The van der Waals surface area contributed by atoms with Gasteiger partial charge in [0, 0.05) is 23.8 Å². The van der Waals surface area contributed by atoms with Gasteiger partial charge in [-0.1, -0.05) is 26.2 Å². The smallest absolute Gasteiger partial charge is 0.255 e. The Morgan fingerprint density at radius 3 is 2.65 bits per heavy atom. The molecule has 1 heterocycles. The Kier molecular flexibility index (Phi) is 5.41. The molecule has 3 heteroatoms. The van der Waals surface area contributed by atoms with E-state index in [4.69, 9.17) is 0 Å². The summed E-state index contributed by atoms with van der Waals surface area (Å²) in [5.41, 5.74) is 3.44. The lowest BCUT2D eigenvalue weighted by atomic mass is 10.1. The van der Waals surface area contributed by atoms with Gasteiger partial charge < -0.3 is 9.88 Å². The highest BCUT2D eigenvalue weighted by atomic mass is 16.1. The predicted molar refractivity (Wildman–Crippen MR) is 84.3 cm³/mol. The number of unbranched alkanes of at least 4 members (excludes halogenated alkanes) is 1. The molecular formula is C17H28N2O. The summed E-state index contributed by atoms with van der Waals surface area (Å²) in [6, 6.07) is 2.61. The molecule has 1 aromatic heterocycles. The highest BCUT2D eigenvalue weighted by molar-refractivity contribution is 5.26. The molecule has 0 spiro atoms. The molecule has 0 unspecified atom stereocenters. The van der Waals surface area contributed by atoms with Gasteiger partial charge in [-0.2, -0.15) is 0 Å². The molecule has 0 atom stereocenters. The third-order valence-corrected chi connectivity index (χ3v) is 4.46. The second kappa shape index (κ2) is 7.07. The molecule has 0 aliphatic heterocycles. The fourth-order valence-corrected chi connectivity index (χ4v) is 3.29. The number of aromatic nitrogens is 1. The van der Waals surface area contributed by atoms with E-state index >= 15 is 0 Å². The summed E-state index contributed by atoms with van der Waals surface area (Å²) in [7, 11) is 0. The van der Waals surface area contributed by atoms with Crippen LogP contribution in [0.2, 0.25) is 0 Å². The summed E-state index contributed by atoms with van der Waals surface area (Å²) in [5, 5.41) is 3.41. The maximum atomic E-state index is 12.8. The highest BCUT2D eigenvalue weighted by Crippen LogP contribution is 2.29. The van der Waals surface area contributed by atoms with Crippen molar-refractivity contribution in [1.82, 2.24) is 9.88 Å². The van der Waals surface area contributed by atoms with Crippen molar-refractivity contribution in [3.63, 3.8) is 0 Å². The molecular weight excluding hydrogens is 248 g/mol. The van der Waals surface area contributed by atoms with Crippen molar-refractivity contribution >= 4 is 0 Å². The van der Waals surface area contributed by atoms with Crippen LogP contribution >= 0.6 is 0 Å². The molecule has 0 amide bonds. The lowest BCUT2D eigenvalue weighted by Gasteiger charge is -2.20. The third-order valence-electron chi connectivity index (χ3n) is 4.46. The molecule has 1 aromatic rings. The fourth-order valence-electron chi connectivity index (χ4n) is 3.29. The Morgan fingerprint density at radius 1 is 1.30 bits per heavy atom. The van der Waals surface area contributed by atoms with Crippen LogP contribution in [0.25, 0.3) is 0 Å². The molecule has 20 heavy (non-hydrogen) atoms. The molecule has 1 saturated carbocycles. The van der Waals surface area contributed by atoms with Gasteiger partial charge in [0.05, 0.1) is 0 Å². The van der Waals surface area contributed by atoms with Gasteiger partial charge in [-0.05, 0) is 51.3 Å². The quantitative estimate of drug-likeness (QED) is 0.807. The molecule has 0 aromatic carbocycles. The first-order chi connectivity index (χ1) is 9.65. The summed E-state index contributed by atoms with van der Waals surface area (Å²) in [5.74, 6) is 0. The molecule has 1 N–H and O–H groups in total. The van der Waals surface area contributed by atoms with E-state index in [0.717, 1.165) is 36.2 Å². The minimum absolute atomic E-state index is 0.235. The van der Waals surface area contributed by atoms with Crippen LogP contribution in [0.5, 0.6) is 0 Å². The first-order valence-electron chi connectivity index (χ1n) is 8.07. The topological polar surface area (TPSA) is 34.0 Å². The van der Waals surface area contributed by atoms with E-state index in [1.54, 1.807) is 0 Å². The SMILES string of the molecule is CCCCNCc1c(C)cc(C)n(C2CCCC2)c1=O. The van der Waals surface area contributed by atoms with Crippen molar-refractivity contribution in [2.75, 3.05) is 6.54 Å². The Morgan fingerprint density at radius 2 is 2.00 bits per heavy atom. The van der Waals surface area contributed by atoms with Gasteiger partial charge in [-0.3, -0.25) is 4.79 Å². The number of nitrogens with one attached hydrogen (secondary N) is 1. The van der Waals surface area contributed by atoms with E-state index in [2.05, 4.69) is 36.7 Å². The van der Waals surface area contributed by atoms with Gasteiger partial charge in [0.1, 0.15) is 0 Å². The molecule has 3 nitrogen and oxygen atoms in total. The normalized spacial score (nSPS) is 15.9. The van der Waals surface area contributed by atoms with Gasteiger partial charge in [0.15, 0.2) is 0 Å². The minimum Gasteiger partial charge on any atom is -0.312 e. The monoisotopic (exact) mass is 276 g/mol. The van der Waals surface area contributed by atoms with E-state index in [1.165, 1.54) is 25.7 Å². The van der Waals surface area contributed by atoms with Gasteiger partial charge in [0.25, 0.3) is 5.56 Å². The van der Waals surface area contributed by atoms with Crippen LogP contribution in [0.15, 0.2) is 10.9 Å². The van der Waals surface area contributed by atoms with Crippen molar-refractivity contribution in [3.05, 3.63) is 33.2 Å². The van der Waals surface area contributed by atoms with Crippen molar-refractivity contribution < 1.29 is 0 Å². The van der Waals surface area contributed by atoms with Crippen LogP contribution in [0.4, 0.5) is 0 Å². The van der Waals surface area contributed by atoms with Gasteiger partial charge in [0.2, 0.25) is 0 Å². The first-order valence-corrected chi connectivity index (χ1v) is 8.07. The zero-order chi connectivity index (χ0) is 14.5. The van der Waals surface area contributed by atoms with E-state index < -0.39 is 0 Å². The fraction of sp³-hybridized carbons (Fsp3) is 0.706. The van der Waals surface area contributed by atoms with Crippen LogP contribution in [0.1, 0.15) is 68.3 Å². The standard InChI is InChI=1S/C17H28N2O/c1-4-5-10-18-12-16-13(2)11-14(3)19(17(16)20)15-8-6-7-9-15/h11,15,18H,4-10,12H2,1-3H3. The van der Waals surface area contributed by atoms with E-state index in [0.29, 0.717) is 12.6 Å². The lowest BCUT2D eigenvalue weighted by Crippen LogP contribution is -2.32. The van der Waals surface area contributed by atoms with Crippen molar-refractivity contribution in [1.29, 1.82) is 0 Å². The number of aryl methyl sites for hydroxylation is 2. The summed E-state index contributed by atoms with van der Waals surface area (Å²) >= 11 is 0. The van der Waals surface area contributed by atoms with Crippen molar-refractivity contribution in [3.8, 4) is 0 Å². The third kappa shape index (κ3) is 3.32. The van der Waals surface area contributed by atoms with Crippen molar-refractivity contribution in [2.45, 2.75) is 71.9 Å². The number of pyridine rings is 1. The van der Waals surface area contributed by atoms with Gasteiger partial charge >= 0.3 is 0 Å². The maximum Gasteiger partial charge on any atom is 0.255 e. The van der Waals surface area contributed by atoms with E-state index in [1.807, 2.05) is 0 Å². The second-order valence-electron chi connectivity index (χ2n) is 6.09. The van der Waals surface area contributed by atoms with E-state index in [-0.39, 0.29) is 5.56 Å². The summed E-state index contributed by atoms with van der Waals surface area (Å²) in [6.45, 7) is 8.02. The molecule has 0 saturated heterocycles. The largest absolute Gasteiger partial charge is 0.312 e. The Bertz CT molecular complexity index is 498. The van der Waals surface area contributed by atoms with Crippen molar-refractivity contribution in [2.24, 2.45) is 0 Å². The van der Waals surface area contributed by atoms with Crippen LogP contribution in [-0.2, 0) is 6.54 Å². The van der Waals surface area contributed by atoms with E-state index in [9.17, 15) is 4.79 Å². The molecule has 0 radical (unpaired) electrons. The van der Waals surface area contributed by atoms with Crippen LogP contribution in [-0.4, -0.2) is 11.1 Å². The Labute approximate surface area is 122 Å². The minimum atomic E-state index is 0.235. The molecule has 1 aliphatic rings. The van der Waals surface area contributed by atoms with Crippen LogP contribution < -0.4 is 10.9 Å². The molecule has 1 aliphatic carbocycles. The lowest BCUT2D eigenvalue weighted by molar-refractivity contribution is 0.484. The number of nitrogens with zero attached hydrogens (tertiary/aromatic N) is 1. The average Bonchev–Trinajstić information content (AvgIpc) is 2.91. The number of rotatable bonds is 6. The zero-order valence-electron chi connectivity index (χ0n) is 13.2. The predicted octanol–water partition coefficient (Wildman–Crippen LogP) is 3.47. The zero-order valence-corrected chi connectivity index (χ0v) is 13.2. The molecule has 112 valence electrons. The molecule has 0 bridgehead atoms. The summed E-state index contributed by atoms with van der Waals surface area (Å²) in [4.78, 5) is 12.8. The van der Waals surface area contributed by atoms with Gasteiger partial charge in [-0.15, -0.1) is 0 Å². The first kappa shape index (κ1) is 15.3. The highest BCUT2D eigenvalue weighted by Gasteiger charge is 2.21. The maximum absolute atomic E-state index is 12.8. The molecule has 1 fully saturated rings.